The Kier molecular flexibility index (Phi) is 3.19. The van der Waals surface area contributed by atoms with Crippen LogP contribution in [-0.2, 0) is 0 Å². The van der Waals surface area contributed by atoms with Crippen molar-refractivity contribution in [3.8, 4) is 0 Å². The number of tetrazole rings is 1. The number of hydrogen-bond donors (Lipinski definition) is 0. The van der Waals surface area contributed by atoms with Gasteiger partial charge in [-0.3, -0.25) is 0 Å². The molecule has 4 nitrogen and oxygen atoms in total. The molecule has 0 bridgehead atoms. The summed E-state index contributed by atoms with van der Waals surface area (Å²) in [5.74, 6) is 0.798. The lowest BCUT2D eigenvalue weighted by atomic mass is 9.75. The van der Waals surface area contributed by atoms with Gasteiger partial charge in [-0.05, 0) is 48.4 Å². The second kappa shape index (κ2) is 4.32. The lowest BCUT2D eigenvalue weighted by Crippen LogP contribution is -2.25. The van der Waals surface area contributed by atoms with Gasteiger partial charge in [-0.1, -0.05) is 13.8 Å². The Morgan fingerprint density at radius 2 is 2.00 bits per heavy atom. The second-order valence-corrected chi connectivity index (χ2v) is 6.15. The monoisotopic (exact) mass is 242 g/mol. The van der Waals surface area contributed by atoms with Crippen molar-refractivity contribution in [3.05, 3.63) is 5.82 Å². The Balaban J connectivity index is 2.11. The van der Waals surface area contributed by atoms with Gasteiger partial charge >= 0.3 is 0 Å². The fourth-order valence-corrected chi connectivity index (χ4v) is 2.49. The molecule has 0 amide bonds. The summed E-state index contributed by atoms with van der Waals surface area (Å²) in [6.07, 6.45) is 4.75. The van der Waals surface area contributed by atoms with Gasteiger partial charge in [0.15, 0.2) is 5.82 Å². The molecule has 1 atom stereocenters. The van der Waals surface area contributed by atoms with E-state index in [0.717, 1.165) is 18.7 Å². The quantitative estimate of drug-likeness (QED) is 0.749. The molecule has 90 valence electrons. The molecule has 1 unspecified atom stereocenters. The summed E-state index contributed by atoms with van der Waals surface area (Å²) in [7, 11) is 0. The Labute approximate surface area is 101 Å². The zero-order valence-electron chi connectivity index (χ0n) is 10.1. The first kappa shape index (κ1) is 11.8. The largest absolute Gasteiger partial charge is 0.225 e. The molecule has 1 fully saturated rings. The highest BCUT2D eigenvalue weighted by Crippen LogP contribution is 2.40. The first-order valence-electron chi connectivity index (χ1n) is 5.91. The third-order valence-electron chi connectivity index (χ3n) is 3.53. The summed E-state index contributed by atoms with van der Waals surface area (Å²) < 4.78 is 1.92. The van der Waals surface area contributed by atoms with E-state index >= 15 is 0 Å². The summed E-state index contributed by atoms with van der Waals surface area (Å²) in [6, 6.07) is 0.430. The predicted octanol–water partition coefficient (Wildman–Crippen LogP) is 3.11. The lowest BCUT2D eigenvalue weighted by Gasteiger charge is -2.34. The van der Waals surface area contributed by atoms with Gasteiger partial charge in [-0.15, -0.1) is 16.7 Å². The molecule has 1 heterocycles. The summed E-state index contributed by atoms with van der Waals surface area (Å²) >= 11 is 6.06. The molecule has 1 aliphatic rings. The van der Waals surface area contributed by atoms with Gasteiger partial charge in [0.1, 0.15) is 0 Å². The van der Waals surface area contributed by atoms with Gasteiger partial charge in [0.25, 0.3) is 0 Å². The Morgan fingerprint density at radius 1 is 1.38 bits per heavy atom. The first-order chi connectivity index (χ1) is 7.49. The molecule has 0 radical (unpaired) electrons. The number of halogens is 1. The predicted molar refractivity (Wildman–Crippen MR) is 63.4 cm³/mol. The van der Waals surface area contributed by atoms with Gasteiger partial charge in [-0.2, -0.15) is 0 Å². The molecule has 1 aromatic heterocycles. The van der Waals surface area contributed by atoms with Crippen LogP contribution in [0.25, 0.3) is 0 Å². The van der Waals surface area contributed by atoms with Crippen molar-refractivity contribution >= 4 is 11.6 Å². The molecule has 0 aromatic carbocycles. The topological polar surface area (TPSA) is 43.6 Å². The maximum Gasteiger partial charge on any atom is 0.169 e. The highest BCUT2D eigenvalue weighted by atomic mass is 35.5. The van der Waals surface area contributed by atoms with Crippen LogP contribution in [-0.4, -0.2) is 20.2 Å². The Hall–Kier alpha value is -0.640. The molecular formula is C11H19ClN4. The highest BCUT2D eigenvalue weighted by molar-refractivity contribution is 6.20. The van der Waals surface area contributed by atoms with Crippen LogP contribution >= 0.6 is 11.6 Å². The molecule has 0 aliphatic heterocycles. The van der Waals surface area contributed by atoms with Crippen LogP contribution < -0.4 is 0 Å². The molecular weight excluding hydrogens is 224 g/mol. The molecule has 1 saturated carbocycles. The van der Waals surface area contributed by atoms with Crippen LogP contribution in [0.15, 0.2) is 0 Å². The van der Waals surface area contributed by atoms with Crippen molar-refractivity contribution in [2.24, 2.45) is 5.41 Å². The van der Waals surface area contributed by atoms with Gasteiger partial charge in [-0.25, -0.2) is 4.68 Å². The van der Waals surface area contributed by atoms with Crippen LogP contribution in [0.1, 0.15) is 63.7 Å². The van der Waals surface area contributed by atoms with E-state index in [1.54, 1.807) is 0 Å². The van der Waals surface area contributed by atoms with Gasteiger partial charge < -0.3 is 0 Å². The number of rotatable bonds is 2. The average molecular weight is 243 g/mol. The molecule has 0 saturated heterocycles. The van der Waals surface area contributed by atoms with E-state index in [9.17, 15) is 0 Å². The standard InChI is InChI=1S/C11H19ClN4/c1-8(12)10-13-14-15-16(10)9-4-6-11(2,3)7-5-9/h8-9H,4-7H2,1-3H3. The van der Waals surface area contributed by atoms with Crippen LogP contribution in [0, 0.1) is 5.41 Å². The number of alkyl halides is 1. The number of nitrogens with zero attached hydrogens (tertiary/aromatic N) is 4. The van der Waals surface area contributed by atoms with Crippen LogP contribution in [0.4, 0.5) is 0 Å². The minimum Gasteiger partial charge on any atom is -0.225 e. The van der Waals surface area contributed by atoms with Crippen LogP contribution in [0.3, 0.4) is 0 Å². The lowest BCUT2D eigenvalue weighted by molar-refractivity contribution is 0.182. The van der Waals surface area contributed by atoms with Crippen molar-refractivity contribution in [2.45, 2.75) is 57.9 Å². The number of aromatic nitrogens is 4. The average Bonchev–Trinajstić information content (AvgIpc) is 2.66. The van der Waals surface area contributed by atoms with Crippen molar-refractivity contribution in [2.75, 3.05) is 0 Å². The minimum absolute atomic E-state index is 0.120. The van der Waals surface area contributed by atoms with E-state index < -0.39 is 0 Å². The number of hydrogen-bond acceptors (Lipinski definition) is 3. The van der Waals surface area contributed by atoms with Gasteiger partial charge in [0.05, 0.1) is 11.4 Å². The minimum atomic E-state index is -0.120. The zero-order valence-corrected chi connectivity index (χ0v) is 10.9. The summed E-state index contributed by atoms with van der Waals surface area (Å²) in [6.45, 7) is 6.57. The normalized spacial score (nSPS) is 23.2. The smallest absolute Gasteiger partial charge is 0.169 e. The molecule has 0 spiro atoms. The Morgan fingerprint density at radius 3 is 2.56 bits per heavy atom. The third-order valence-corrected chi connectivity index (χ3v) is 3.72. The molecule has 2 rings (SSSR count). The van der Waals surface area contributed by atoms with E-state index in [4.69, 9.17) is 11.6 Å². The summed E-state index contributed by atoms with van der Waals surface area (Å²) in [4.78, 5) is 0. The van der Waals surface area contributed by atoms with Crippen molar-refractivity contribution in [1.29, 1.82) is 0 Å². The fourth-order valence-electron chi connectivity index (χ4n) is 2.35. The van der Waals surface area contributed by atoms with E-state index in [0.29, 0.717) is 11.5 Å². The van der Waals surface area contributed by atoms with E-state index in [1.807, 2.05) is 11.6 Å². The fraction of sp³-hybridized carbons (Fsp3) is 0.909. The first-order valence-corrected chi connectivity index (χ1v) is 6.35. The maximum absolute atomic E-state index is 6.06. The van der Waals surface area contributed by atoms with Crippen LogP contribution in [0.2, 0.25) is 0 Å². The van der Waals surface area contributed by atoms with Crippen molar-refractivity contribution in [1.82, 2.24) is 20.2 Å². The summed E-state index contributed by atoms with van der Waals surface area (Å²) in [5.41, 5.74) is 0.469. The highest BCUT2D eigenvalue weighted by Gasteiger charge is 2.30. The van der Waals surface area contributed by atoms with E-state index in [-0.39, 0.29) is 5.38 Å². The Bertz CT molecular complexity index is 349. The molecule has 5 heteroatoms. The van der Waals surface area contributed by atoms with Gasteiger partial charge in [0.2, 0.25) is 0 Å². The third kappa shape index (κ3) is 2.37. The van der Waals surface area contributed by atoms with Crippen molar-refractivity contribution < 1.29 is 0 Å². The van der Waals surface area contributed by atoms with E-state index in [2.05, 4.69) is 29.4 Å². The molecule has 1 aromatic rings. The zero-order chi connectivity index (χ0) is 11.8. The van der Waals surface area contributed by atoms with E-state index in [1.165, 1.54) is 12.8 Å². The van der Waals surface area contributed by atoms with Gasteiger partial charge in [0, 0.05) is 0 Å². The van der Waals surface area contributed by atoms with Crippen molar-refractivity contribution in [3.63, 3.8) is 0 Å². The molecule has 0 N–H and O–H groups in total. The summed E-state index contributed by atoms with van der Waals surface area (Å²) in [5, 5.41) is 11.7. The van der Waals surface area contributed by atoms with Crippen LogP contribution in [0.5, 0.6) is 0 Å². The molecule has 16 heavy (non-hydrogen) atoms. The maximum atomic E-state index is 6.06. The SMILES string of the molecule is CC(Cl)c1nnnn1C1CCC(C)(C)CC1. The molecule has 1 aliphatic carbocycles. The second-order valence-electron chi connectivity index (χ2n) is 5.49.